The molecule has 3 rings (SSSR count). The van der Waals surface area contributed by atoms with Crippen LogP contribution in [-0.4, -0.2) is 35.1 Å². The predicted octanol–water partition coefficient (Wildman–Crippen LogP) is 1.99. The summed E-state index contributed by atoms with van der Waals surface area (Å²) in [6.45, 7) is 1.27. The average molecular weight is 336 g/mol. The van der Waals surface area contributed by atoms with Crippen molar-refractivity contribution in [3.63, 3.8) is 0 Å². The molecule has 2 heterocycles. The zero-order valence-electron chi connectivity index (χ0n) is 13.0. The molecule has 0 aliphatic carbocycles. The average Bonchev–Trinajstić information content (AvgIpc) is 2.56. The van der Waals surface area contributed by atoms with Crippen molar-refractivity contribution in [3.8, 4) is 0 Å². The molecule has 1 aromatic heterocycles. The third kappa shape index (κ3) is 3.76. The van der Waals surface area contributed by atoms with Crippen LogP contribution in [0.3, 0.4) is 0 Å². The zero-order valence-corrected chi connectivity index (χ0v) is 13.0. The number of amides is 1. The molecule has 3 N–H and O–H groups in total. The lowest BCUT2D eigenvalue weighted by atomic mass is 9.89. The van der Waals surface area contributed by atoms with E-state index in [9.17, 15) is 13.6 Å². The second kappa shape index (κ2) is 7.04. The number of hydrogen-bond donors (Lipinski definition) is 2. The number of nitrogens with zero attached hydrogens (tertiary/aromatic N) is 2. The number of hydrogen-bond acceptors (Lipinski definition) is 5. The van der Waals surface area contributed by atoms with Gasteiger partial charge in [0.05, 0.1) is 17.2 Å². The SMILES string of the molecule is NC(=O)C[C@H](Nc1cnc2cc(F)c(F)cc2n1)C1CCOCC1. The number of primary amides is 1. The van der Waals surface area contributed by atoms with Crippen LogP contribution in [0.1, 0.15) is 19.3 Å². The van der Waals surface area contributed by atoms with Gasteiger partial charge in [-0.2, -0.15) is 0 Å². The zero-order chi connectivity index (χ0) is 17.1. The molecule has 128 valence electrons. The van der Waals surface area contributed by atoms with E-state index in [-0.39, 0.29) is 29.4 Å². The maximum Gasteiger partial charge on any atom is 0.219 e. The Morgan fingerprint density at radius 2 is 1.96 bits per heavy atom. The minimum Gasteiger partial charge on any atom is -0.381 e. The smallest absolute Gasteiger partial charge is 0.219 e. The summed E-state index contributed by atoms with van der Waals surface area (Å²) in [6.07, 6.45) is 3.22. The molecule has 0 bridgehead atoms. The van der Waals surface area contributed by atoms with Crippen LogP contribution in [0.15, 0.2) is 18.3 Å². The van der Waals surface area contributed by atoms with E-state index < -0.39 is 17.5 Å². The summed E-state index contributed by atoms with van der Waals surface area (Å²) in [5.74, 6) is -1.75. The van der Waals surface area contributed by atoms with Gasteiger partial charge in [0.2, 0.25) is 5.91 Å². The molecule has 1 fully saturated rings. The van der Waals surface area contributed by atoms with Crippen LogP contribution < -0.4 is 11.1 Å². The Morgan fingerprint density at radius 3 is 2.62 bits per heavy atom. The fourth-order valence-electron chi connectivity index (χ4n) is 2.94. The molecule has 6 nitrogen and oxygen atoms in total. The fourth-order valence-corrected chi connectivity index (χ4v) is 2.94. The van der Waals surface area contributed by atoms with Gasteiger partial charge in [0, 0.05) is 37.8 Å². The maximum absolute atomic E-state index is 13.4. The summed E-state index contributed by atoms with van der Waals surface area (Å²) in [6, 6.07) is 1.80. The van der Waals surface area contributed by atoms with Gasteiger partial charge in [-0.1, -0.05) is 0 Å². The third-order valence-electron chi connectivity index (χ3n) is 4.17. The number of halogens is 2. The van der Waals surface area contributed by atoms with Crippen molar-refractivity contribution >= 4 is 22.8 Å². The second-order valence-corrected chi connectivity index (χ2v) is 5.88. The summed E-state index contributed by atoms with van der Waals surface area (Å²) in [4.78, 5) is 19.7. The number of carbonyl (C=O) groups excluding carboxylic acids is 1. The monoisotopic (exact) mass is 336 g/mol. The quantitative estimate of drug-likeness (QED) is 0.871. The standard InChI is InChI=1S/C16H18F2N4O2/c17-10-5-13-14(6-11(10)18)22-16(8-20-13)21-12(7-15(19)23)9-1-3-24-4-2-9/h5-6,8-9,12H,1-4,7H2,(H2,19,23)(H,21,22)/t12-/m0/s1. The van der Waals surface area contributed by atoms with Gasteiger partial charge in [-0.15, -0.1) is 0 Å². The van der Waals surface area contributed by atoms with Crippen LogP contribution in [0.2, 0.25) is 0 Å². The minimum absolute atomic E-state index is 0.155. The molecule has 1 aromatic carbocycles. The normalized spacial score (nSPS) is 16.9. The largest absolute Gasteiger partial charge is 0.381 e. The number of anilines is 1. The highest BCUT2D eigenvalue weighted by Gasteiger charge is 2.26. The van der Waals surface area contributed by atoms with Crippen molar-refractivity contribution in [2.75, 3.05) is 18.5 Å². The lowest BCUT2D eigenvalue weighted by Gasteiger charge is -2.30. The number of nitrogens with two attached hydrogens (primary N) is 1. The highest BCUT2D eigenvalue weighted by Crippen LogP contribution is 2.24. The van der Waals surface area contributed by atoms with E-state index in [1.807, 2.05) is 0 Å². The molecular formula is C16H18F2N4O2. The molecule has 0 unspecified atom stereocenters. The van der Waals surface area contributed by atoms with Crippen LogP contribution in [0.25, 0.3) is 11.0 Å². The van der Waals surface area contributed by atoms with E-state index in [1.165, 1.54) is 6.20 Å². The molecule has 24 heavy (non-hydrogen) atoms. The van der Waals surface area contributed by atoms with Gasteiger partial charge in [0.1, 0.15) is 5.82 Å². The first kappa shape index (κ1) is 16.5. The van der Waals surface area contributed by atoms with E-state index in [0.29, 0.717) is 19.0 Å². The number of fused-ring (bicyclic) bond motifs is 1. The van der Waals surface area contributed by atoms with Gasteiger partial charge < -0.3 is 15.8 Å². The molecule has 0 spiro atoms. The molecule has 0 radical (unpaired) electrons. The molecule has 1 atom stereocenters. The van der Waals surface area contributed by atoms with Crippen LogP contribution in [0, 0.1) is 17.6 Å². The Hall–Kier alpha value is -2.35. The Morgan fingerprint density at radius 1 is 1.29 bits per heavy atom. The number of rotatable bonds is 5. The van der Waals surface area contributed by atoms with E-state index >= 15 is 0 Å². The Kier molecular flexibility index (Phi) is 4.84. The maximum atomic E-state index is 13.4. The highest BCUT2D eigenvalue weighted by atomic mass is 19.2. The lowest BCUT2D eigenvalue weighted by Crippen LogP contribution is -2.37. The number of nitrogens with one attached hydrogen (secondary N) is 1. The van der Waals surface area contributed by atoms with Crippen LogP contribution >= 0.6 is 0 Å². The first-order valence-electron chi connectivity index (χ1n) is 7.77. The molecule has 1 amide bonds. The fraction of sp³-hybridized carbons (Fsp3) is 0.438. The minimum atomic E-state index is -0.980. The summed E-state index contributed by atoms with van der Waals surface area (Å²) in [5.41, 5.74) is 5.84. The summed E-state index contributed by atoms with van der Waals surface area (Å²) >= 11 is 0. The van der Waals surface area contributed by atoms with Crippen molar-refractivity contribution in [1.29, 1.82) is 0 Å². The molecule has 8 heteroatoms. The Balaban J connectivity index is 1.84. The third-order valence-corrected chi connectivity index (χ3v) is 4.17. The number of aromatic nitrogens is 2. The van der Waals surface area contributed by atoms with Crippen molar-refractivity contribution < 1.29 is 18.3 Å². The molecule has 1 aliphatic heterocycles. The van der Waals surface area contributed by atoms with Gasteiger partial charge in [-0.05, 0) is 18.8 Å². The number of carbonyl (C=O) groups is 1. The van der Waals surface area contributed by atoms with E-state index in [0.717, 1.165) is 25.0 Å². The summed E-state index contributed by atoms with van der Waals surface area (Å²) in [5, 5.41) is 3.16. The predicted molar refractivity (Wildman–Crippen MR) is 84.2 cm³/mol. The summed E-state index contributed by atoms with van der Waals surface area (Å²) in [7, 11) is 0. The molecule has 1 aliphatic rings. The van der Waals surface area contributed by atoms with Crippen molar-refractivity contribution in [3.05, 3.63) is 30.0 Å². The number of ether oxygens (including phenoxy) is 1. The van der Waals surface area contributed by atoms with E-state index in [2.05, 4.69) is 15.3 Å². The van der Waals surface area contributed by atoms with Crippen LogP contribution in [0.4, 0.5) is 14.6 Å². The molecule has 0 saturated carbocycles. The van der Waals surface area contributed by atoms with Gasteiger partial charge >= 0.3 is 0 Å². The Labute approximate surface area is 137 Å². The summed E-state index contributed by atoms with van der Waals surface area (Å²) < 4.78 is 31.9. The molecule has 2 aromatic rings. The van der Waals surface area contributed by atoms with Crippen molar-refractivity contribution in [2.24, 2.45) is 11.7 Å². The first-order chi connectivity index (χ1) is 11.5. The van der Waals surface area contributed by atoms with E-state index in [1.54, 1.807) is 0 Å². The first-order valence-corrected chi connectivity index (χ1v) is 7.77. The highest BCUT2D eigenvalue weighted by molar-refractivity contribution is 5.76. The molecular weight excluding hydrogens is 318 g/mol. The van der Waals surface area contributed by atoms with Gasteiger partial charge in [0.15, 0.2) is 11.6 Å². The molecule has 1 saturated heterocycles. The lowest BCUT2D eigenvalue weighted by molar-refractivity contribution is -0.118. The van der Waals surface area contributed by atoms with Gasteiger partial charge in [-0.25, -0.2) is 13.8 Å². The topological polar surface area (TPSA) is 90.1 Å². The van der Waals surface area contributed by atoms with Crippen molar-refractivity contribution in [1.82, 2.24) is 9.97 Å². The van der Waals surface area contributed by atoms with E-state index in [4.69, 9.17) is 10.5 Å². The van der Waals surface area contributed by atoms with Gasteiger partial charge in [0.25, 0.3) is 0 Å². The Bertz CT molecular complexity index is 750. The van der Waals surface area contributed by atoms with Crippen LogP contribution in [0.5, 0.6) is 0 Å². The number of benzene rings is 1. The second-order valence-electron chi connectivity index (χ2n) is 5.88. The van der Waals surface area contributed by atoms with Crippen molar-refractivity contribution in [2.45, 2.75) is 25.3 Å². The van der Waals surface area contributed by atoms with Crippen LogP contribution in [-0.2, 0) is 9.53 Å². The van der Waals surface area contributed by atoms with Gasteiger partial charge in [-0.3, -0.25) is 9.78 Å².